The number of hydrogen-bond acceptors (Lipinski definition) is 8. The molecule has 1 amide bonds. The molecule has 138 valence electrons. The molecule has 1 unspecified atom stereocenters. The van der Waals surface area contributed by atoms with E-state index < -0.39 is 0 Å². The standard InChI is InChI=1S/C18H17N5O3S/c1-10-9-26-18(25)23(10)17-20-11(2)15(27-17)14-7-8-19-16(22-14)21-12-3-5-13(24)6-4-12/h3-8,10,24H,9H2,1-2H3,(H,19,21,22). The van der Waals surface area contributed by atoms with Crippen LogP contribution in [0.15, 0.2) is 36.5 Å². The number of phenols is 1. The van der Waals surface area contributed by atoms with Gasteiger partial charge >= 0.3 is 6.09 Å². The summed E-state index contributed by atoms with van der Waals surface area (Å²) < 4.78 is 5.08. The molecule has 0 aliphatic carbocycles. The third-order valence-electron chi connectivity index (χ3n) is 4.09. The number of hydrogen-bond donors (Lipinski definition) is 2. The van der Waals surface area contributed by atoms with Gasteiger partial charge in [-0.2, -0.15) is 0 Å². The number of phenolic OH excluding ortho intramolecular Hbond substituents is 1. The molecule has 3 aromatic rings. The Labute approximate surface area is 159 Å². The molecular formula is C18H17N5O3S. The Morgan fingerprint density at radius 3 is 2.74 bits per heavy atom. The summed E-state index contributed by atoms with van der Waals surface area (Å²) in [6, 6.07) is 8.40. The lowest BCUT2D eigenvalue weighted by Crippen LogP contribution is -2.30. The van der Waals surface area contributed by atoms with Crippen LogP contribution >= 0.6 is 11.3 Å². The quantitative estimate of drug-likeness (QED) is 0.663. The Balaban J connectivity index is 1.62. The second kappa shape index (κ2) is 6.84. The number of aromatic hydroxyl groups is 1. The van der Waals surface area contributed by atoms with Crippen LogP contribution in [0.5, 0.6) is 5.75 Å². The number of thiazole rings is 1. The second-order valence-corrected chi connectivity index (χ2v) is 7.12. The lowest BCUT2D eigenvalue weighted by Gasteiger charge is -2.13. The molecule has 3 heterocycles. The topological polar surface area (TPSA) is 100 Å². The van der Waals surface area contributed by atoms with Crippen LogP contribution in [0.4, 0.5) is 21.6 Å². The summed E-state index contributed by atoms with van der Waals surface area (Å²) in [4.78, 5) is 27.7. The van der Waals surface area contributed by atoms with E-state index in [1.807, 2.05) is 13.8 Å². The lowest BCUT2D eigenvalue weighted by atomic mass is 10.3. The highest BCUT2D eigenvalue weighted by Gasteiger charge is 2.33. The van der Waals surface area contributed by atoms with Gasteiger partial charge in [0.15, 0.2) is 5.13 Å². The first kappa shape index (κ1) is 17.2. The fourth-order valence-electron chi connectivity index (χ4n) is 2.72. The molecule has 8 nitrogen and oxygen atoms in total. The van der Waals surface area contributed by atoms with E-state index in [1.165, 1.54) is 11.3 Å². The first-order chi connectivity index (χ1) is 13.0. The number of cyclic esters (lactones) is 1. The number of carbonyl (C=O) groups excluding carboxylic acids is 1. The molecule has 1 aliphatic heterocycles. The first-order valence-electron chi connectivity index (χ1n) is 8.34. The van der Waals surface area contributed by atoms with Crippen LogP contribution in [0.3, 0.4) is 0 Å². The van der Waals surface area contributed by atoms with E-state index in [9.17, 15) is 9.90 Å². The van der Waals surface area contributed by atoms with Crippen LogP contribution in [0.2, 0.25) is 0 Å². The average Bonchev–Trinajstić information content (AvgIpc) is 3.19. The zero-order valence-electron chi connectivity index (χ0n) is 14.7. The minimum absolute atomic E-state index is 0.0481. The van der Waals surface area contributed by atoms with Gasteiger partial charge < -0.3 is 15.2 Å². The van der Waals surface area contributed by atoms with Crippen LogP contribution < -0.4 is 10.2 Å². The molecule has 1 atom stereocenters. The minimum Gasteiger partial charge on any atom is -0.508 e. The number of carbonyl (C=O) groups is 1. The number of nitrogens with zero attached hydrogens (tertiary/aromatic N) is 4. The Bertz CT molecular complexity index is 989. The van der Waals surface area contributed by atoms with Crippen LogP contribution in [-0.2, 0) is 4.74 Å². The summed E-state index contributed by atoms with van der Waals surface area (Å²) >= 11 is 1.40. The van der Waals surface area contributed by atoms with Crippen LogP contribution in [0, 0.1) is 6.92 Å². The number of aryl methyl sites for hydroxylation is 1. The van der Waals surface area contributed by atoms with Gasteiger partial charge in [-0.05, 0) is 44.2 Å². The van der Waals surface area contributed by atoms with Gasteiger partial charge in [0.2, 0.25) is 5.95 Å². The van der Waals surface area contributed by atoms with Crippen molar-refractivity contribution in [3.8, 4) is 16.3 Å². The summed E-state index contributed by atoms with van der Waals surface area (Å²) in [5.41, 5.74) is 2.27. The maximum Gasteiger partial charge on any atom is 0.416 e. The van der Waals surface area contributed by atoms with Crippen LogP contribution in [0.25, 0.3) is 10.6 Å². The highest BCUT2D eigenvalue weighted by atomic mass is 32.1. The zero-order valence-corrected chi connectivity index (χ0v) is 15.5. The fraction of sp³-hybridized carbons (Fsp3) is 0.222. The normalized spacial score (nSPS) is 16.4. The van der Waals surface area contributed by atoms with Crippen molar-refractivity contribution in [2.75, 3.05) is 16.8 Å². The van der Waals surface area contributed by atoms with Crippen molar-refractivity contribution in [1.82, 2.24) is 15.0 Å². The van der Waals surface area contributed by atoms with Crippen molar-refractivity contribution in [2.24, 2.45) is 0 Å². The summed E-state index contributed by atoms with van der Waals surface area (Å²) in [5, 5.41) is 13.1. The molecule has 2 aromatic heterocycles. The molecule has 1 fully saturated rings. The number of nitrogens with one attached hydrogen (secondary N) is 1. The maximum absolute atomic E-state index is 11.9. The molecule has 1 saturated heterocycles. The van der Waals surface area contributed by atoms with E-state index in [0.717, 1.165) is 16.3 Å². The van der Waals surface area contributed by atoms with Gasteiger partial charge in [0.05, 0.1) is 22.3 Å². The number of amides is 1. The number of ether oxygens (including phenoxy) is 1. The maximum atomic E-state index is 11.9. The van der Waals surface area contributed by atoms with E-state index in [0.29, 0.717) is 23.4 Å². The van der Waals surface area contributed by atoms with Gasteiger partial charge in [-0.1, -0.05) is 11.3 Å². The molecular weight excluding hydrogens is 366 g/mol. The Kier molecular flexibility index (Phi) is 4.36. The van der Waals surface area contributed by atoms with Crippen molar-refractivity contribution in [2.45, 2.75) is 19.9 Å². The van der Waals surface area contributed by atoms with Gasteiger partial charge in [-0.3, -0.25) is 0 Å². The van der Waals surface area contributed by atoms with E-state index in [-0.39, 0.29) is 17.9 Å². The van der Waals surface area contributed by atoms with E-state index in [2.05, 4.69) is 20.3 Å². The lowest BCUT2D eigenvalue weighted by molar-refractivity contribution is 0.179. The fourth-order valence-corrected chi connectivity index (χ4v) is 3.85. The molecule has 0 bridgehead atoms. The summed E-state index contributed by atoms with van der Waals surface area (Å²) in [6.07, 6.45) is 1.29. The summed E-state index contributed by atoms with van der Waals surface area (Å²) in [5.74, 6) is 0.624. The Hall–Kier alpha value is -3.20. The van der Waals surface area contributed by atoms with Crippen molar-refractivity contribution in [3.05, 3.63) is 42.2 Å². The molecule has 9 heteroatoms. The average molecular weight is 383 g/mol. The molecule has 4 rings (SSSR count). The number of benzene rings is 1. The van der Waals surface area contributed by atoms with Crippen molar-refractivity contribution in [1.29, 1.82) is 0 Å². The van der Waals surface area contributed by atoms with E-state index in [1.54, 1.807) is 41.4 Å². The summed E-state index contributed by atoms with van der Waals surface area (Å²) in [7, 11) is 0. The Morgan fingerprint density at radius 1 is 1.26 bits per heavy atom. The van der Waals surface area contributed by atoms with Gasteiger partial charge in [0.25, 0.3) is 0 Å². The van der Waals surface area contributed by atoms with Crippen molar-refractivity contribution >= 4 is 34.2 Å². The number of anilines is 3. The van der Waals surface area contributed by atoms with Gasteiger partial charge in [0, 0.05) is 11.9 Å². The predicted octanol–water partition coefficient (Wildman–Crippen LogP) is 3.70. The minimum atomic E-state index is -0.375. The van der Waals surface area contributed by atoms with Crippen LogP contribution in [-0.4, -0.2) is 38.8 Å². The molecule has 27 heavy (non-hydrogen) atoms. The third-order valence-corrected chi connectivity index (χ3v) is 5.27. The largest absolute Gasteiger partial charge is 0.508 e. The molecule has 1 aromatic carbocycles. The van der Waals surface area contributed by atoms with E-state index >= 15 is 0 Å². The third kappa shape index (κ3) is 3.41. The van der Waals surface area contributed by atoms with Gasteiger partial charge in [-0.15, -0.1) is 0 Å². The molecule has 0 saturated carbocycles. The molecule has 0 spiro atoms. The van der Waals surface area contributed by atoms with Crippen molar-refractivity contribution < 1.29 is 14.6 Å². The highest BCUT2D eigenvalue weighted by molar-refractivity contribution is 7.19. The molecule has 2 N–H and O–H groups in total. The first-order valence-corrected chi connectivity index (χ1v) is 9.16. The van der Waals surface area contributed by atoms with Gasteiger partial charge in [-0.25, -0.2) is 24.6 Å². The second-order valence-electron chi connectivity index (χ2n) is 6.14. The molecule has 0 radical (unpaired) electrons. The van der Waals surface area contributed by atoms with E-state index in [4.69, 9.17) is 4.74 Å². The zero-order chi connectivity index (χ0) is 19.0. The summed E-state index contributed by atoms with van der Waals surface area (Å²) in [6.45, 7) is 4.17. The smallest absolute Gasteiger partial charge is 0.416 e. The van der Waals surface area contributed by atoms with Crippen LogP contribution in [0.1, 0.15) is 12.6 Å². The van der Waals surface area contributed by atoms with Crippen molar-refractivity contribution in [3.63, 3.8) is 0 Å². The number of rotatable bonds is 4. The number of aromatic nitrogens is 3. The monoisotopic (exact) mass is 383 g/mol. The highest BCUT2D eigenvalue weighted by Crippen LogP contribution is 2.36. The molecule has 1 aliphatic rings. The van der Waals surface area contributed by atoms with Gasteiger partial charge in [0.1, 0.15) is 12.4 Å². The predicted molar refractivity (Wildman–Crippen MR) is 103 cm³/mol. The Morgan fingerprint density at radius 2 is 2.04 bits per heavy atom. The SMILES string of the molecule is Cc1nc(N2C(=O)OCC2C)sc1-c1ccnc(Nc2ccc(O)cc2)n1.